The van der Waals surface area contributed by atoms with Crippen molar-refractivity contribution in [1.82, 2.24) is 14.6 Å². The molecule has 0 fully saturated rings. The van der Waals surface area contributed by atoms with Crippen LogP contribution in [0.4, 0.5) is 0 Å². The molecule has 19 heavy (non-hydrogen) atoms. The summed E-state index contributed by atoms with van der Waals surface area (Å²) in [4.78, 5) is 1.07. The van der Waals surface area contributed by atoms with Gasteiger partial charge in [0.1, 0.15) is 6.07 Å². The molecule has 4 aromatic rings. The van der Waals surface area contributed by atoms with E-state index in [1.807, 2.05) is 10.5 Å². The number of hydrogen-bond donors (Lipinski definition) is 0. The van der Waals surface area contributed by atoms with Gasteiger partial charge in [0.15, 0.2) is 11.5 Å². The zero-order valence-corrected chi connectivity index (χ0v) is 11.2. The molecule has 0 saturated heterocycles. The van der Waals surface area contributed by atoms with E-state index in [1.54, 1.807) is 34.9 Å². The van der Waals surface area contributed by atoms with Crippen LogP contribution in [0.1, 0.15) is 5.56 Å². The van der Waals surface area contributed by atoms with Crippen molar-refractivity contribution >= 4 is 37.7 Å². The Labute approximate surface area is 116 Å². The summed E-state index contributed by atoms with van der Waals surface area (Å²) in [6.07, 6.45) is 1.78. The summed E-state index contributed by atoms with van der Waals surface area (Å²) in [6.45, 7) is 0. The van der Waals surface area contributed by atoms with Crippen LogP contribution in [0.15, 0.2) is 35.8 Å². The molecule has 0 N–H and O–H groups in total. The van der Waals surface area contributed by atoms with Crippen LogP contribution in [0.3, 0.4) is 0 Å². The van der Waals surface area contributed by atoms with Gasteiger partial charge in [-0.15, -0.1) is 32.9 Å². The summed E-state index contributed by atoms with van der Waals surface area (Å²) in [6, 6.07) is 9.93. The average molecular weight is 282 g/mol. The predicted molar refractivity (Wildman–Crippen MR) is 76.4 cm³/mol. The topological polar surface area (TPSA) is 54.0 Å². The molecule has 90 valence electrons. The third-order valence-electron chi connectivity index (χ3n) is 2.89. The highest BCUT2D eigenvalue weighted by Crippen LogP contribution is 2.35. The summed E-state index contributed by atoms with van der Waals surface area (Å²) in [7, 11) is 0. The maximum absolute atomic E-state index is 8.98. The molecule has 4 aromatic heterocycles. The van der Waals surface area contributed by atoms with Gasteiger partial charge in [0.25, 0.3) is 0 Å². The Bertz CT molecular complexity index is 910. The second-order valence-corrected chi connectivity index (χ2v) is 6.07. The lowest BCUT2D eigenvalue weighted by Crippen LogP contribution is -1.88. The Morgan fingerprint density at radius 1 is 1.16 bits per heavy atom. The number of aromatic nitrogens is 3. The van der Waals surface area contributed by atoms with Crippen LogP contribution in [-0.2, 0) is 0 Å². The molecule has 0 atom stereocenters. The predicted octanol–water partition coefficient (Wildman–Crippen LogP) is 3.54. The lowest BCUT2D eigenvalue weighted by Gasteiger charge is -1.96. The first kappa shape index (κ1) is 10.7. The van der Waals surface area contributed by atoms with E-state index in [0.717, 1.165) is 16.3 Å². The molecule has 0 aromatic carbocycles. The summed E-state index contributed by atoms with van der Waals surface area (Å²) in [5.41, 5.74) is 1.36. The Morgan fingerprint density at radius 2 is 2.11 bits per heavy atom. The van der Waals surface area contributed by atoms with E-state index in [2.05, 4.69) is 33.8 Å². The van der Waals surface area contributed by atoms with Crippen LogP contribution in [0, 0.1) is 11.3 Å². The fourth-order valence-electron chi connectivity index (χ4n) is 2.00. The highest BCUT2D eigenvalue weighted by molar-refractivity contribution is 7.28. The van der Waals surface area contributed by atoms with Crippen molar-refractivity contribution in [2.24, 2.45) is 0 Å². The van der Waals surface area contributed by atoms with E-state index in [4.69, 9.17) is 5.26 Å². The van der Waals surface area contributed by atoms with Gasteiger partial charge in [-0.3, -0.25) is 4.40 Å². The molecule has 0 aliphatic carbocycles. The number of nitrogens with zero attached hydrogens (tertiary/aromatic N) is 4. The molecular weight excluding hydrogens is 276 g/mol. The summed E-state index contributed by atoms with van der Waals surface area (Å²) in [5, 5.41) is 19.4. The van der Waals surface area contributed by atoms with Crippen LogP contribution < -0.4 is 0 Å². The quantitative estimate of drug-likeness (QED) is 0.536. The molecule has 0 bridgehead atoms. The Kier molecular flexibility index (Phi) is 2.18. The highest BCUT2D eigenvalue weighted by Gasteiger charge is 2.12. The highest BCUT2D eigenvalue weighted by atomic mass is 32.1. The molecule has 0 unspecified atom stereocenters. The Hall–Kier alpha value is -2.23. The van der Waals surface area contributed by atoms with Crippen molar-refractivity contribution in [2.45, 2.75) is 0 Å². The minimum absolute atomic E-state index is 0.604. The van der Waals surface area contributed by atoms with Crippen LogP contribution in [0.25, 0.3) is 25.7 Å². The van der Waals surface area contributed by atoms with E-state index < -0.39 is 0 Å². The summed E-state index contributed by atoms with van der Waals surface area (Å²) < 4.78 is 4.38. The van der Waals surface area contributed by atoms with E-state index in [-0.39, 0.29) is 0 Å². The number of pyridine rings is 1. The second kappa shape index (κ2) is 3.88. The fourth-order valence-corrected chi connectivity index (χ4v) is 4.09. The number of rotatable bonds is 1. The van der Waals surface area contributed by atoms with E-state index in [0.29, 0.717) is 5.56 Å². The standard InChI is InChI=1S/C13H6N4S2/c14-6-8-1-2-12-15-16-13(17(12)7-8)11-5-10-9(19-11)3-4-18-10/h1-5,7H. The van der Waals surface area contributed by atoms with E-state index in [9.17, 15) is 0 Å². The molecule has 0 spiro atoms. The number of nitriles is 1. The zero-order valence-electron chi connectivity index (χ0n) is 9.57. The van der Waals surface area contributed by atoms with Crippen molar-refractivity contribution in [2.75, 3.05) is 0 Å². The third kappa shape index (κ3) is 1.56. The Balaban J connectivity index is 1.99. The van der Waals surface area contributed by atoms with Crippen LogP contribution in [0.2, 0.25) is 0 Å². The van der Waals surface area contributed by atoms with Crippen LogP contribution >= 0.6 is 22.7 Å². The van der Waals surface area contributed by atoms with Gasteiger partial charge >= 0.3 is 0 Å². The van der Waals surface area contributed by atoms with Gasteiger partial charge in [0, 0.05) is 15.6 Å². The molecule has 0 aliphatic rings. The molecule has 4 rings (SSSR count). The second-order valence-electron chi connectivity index (χ2n) is 4.04. The van der Waals surface area contributed by atoms with Gasteiger partial charge in [-0.2, -0.15) is 5.26 Å². The summed E-state index contributed by atoms with van der Waals surface area (Å²) >= 11 is 3.41. The lowest BCUT2D eigenvalue weighted by molar-refractivity contribution is 1.12. The molecule has 0 saturated carbocycles. The number of hydrogen-bond acceptors (Lipinski definition) is 5. The van der Waals surface area contributed by atoms with Crippen molar-refractivity contribution in [3.8, 4) is 16.8 Å². The molecule has 4 heterocycles. The van der Waals surface area contributed by atoms with Crippen molar-refractivity contribution in [3.05, 3.63) is 41.4 Å². The normalized spacial score (nSPS) is 11.1. The first-order valence-corrected chi connectivity index (χ1v) is 7.27. The lowest BCUT2D eigenvalue weighted by atomic mass is 10.3. The van der Waals surface area contributed by atoms with Gasteiger partial charge in [-0.05, 0) is 29.6 Å². The molecule has 0 radical (unpaired) electrons. The monoisotopic (exact) mass is 282 g/mol. The van der Waals surface area contributed by atoms with Gasteiger partial charge in [-0.1, -0.05) is 0 Å². The van der Waals surface area contributed by atoms with Crippen molar-refractivity contribution in [3.63, 3.8) is 0 Å². The van der Waals surface area contributed by atoms with Crippen LogP contribution in [0.5, 0.6) is 0 Å². The molecule has 4 nitrogen and oxygen atoms in total. The van der Waals surface area contributed by atoms with Gasteiger partial charge in [0.2, 0.25) is 0 Å². The summed E-state index contributed by atoms with van der Waals surface area (Å²) in [5.74, 6) is 0.792. The molecular formula is C13H6N4S2. The Morgan fingerprint density at radius 3 is 2.95 bits per heavy atom. The molecule has 6 heteroatoms. The molecule has 0 amide bonds. The first-order valence-electron chi connectivity index (χ1n) is 5.57. The van der Waals surface area contributed by atoms with Crippen molar-refractivity contribution < 1.29 is 0 Å². The molecule has 0 aliphatic heterocycles. The van der Waals surface area contributed by atoms with Crippen molar-refractivity contribution in [1.29, 1.82) is 5.26 Å². The first-order chi connectivity index (χ1) is 9.35. The van der Waals surface area contributed by atoms with Gasteiger partial charge in [0.05, 0.1) is 10.4 Å². The third-order valence-corrected chi connectivity index (χ3v) is 4.98. The van der Waals surface area contributed by atoms with Gasteiger partial charge in [-0.25, -0.2) is 0 Å². The smallest absolute Gasteiger partial charge is 0.178 e. The minimum Gasteiger partial charge on any atom is -0.280 e. The largest absolute Gasteiger partial charge is 0.280 e. The average Bonchev–Trinajstić information content (AvgIpc) is 3.10. The zero-order chi connectivity index (χ0) is 12.8. The minimum atomic E-state index is 0.604. The number of fused-ring (bicyclic) bond motifs is 2. The van der Waals surface area contributed by atoms with E-state index in [1.165, 1.54) is 9.40 Å². The maximum Gasteiger partial charge on any atom is 0.178 e. The maximum atomic E-state index is 8.98. The number of thiophene rings is 2. The van der Waals surface area contributed by atoms with Gasteiger partial charge < -0.3 is 0 Å². The SMILES string of the molecule is N#Cc1ccc2nnc(-c3cc4sccc4s3)n2c1. The van der Waals surface area contributed by atoms with E-state index >= 15 is 0 Å². The fraction of sp³-hybridized carbons (Fsp3) is 0. The van der Waals surface area contributed by atoms with Crippen LogP contribution in [-0.4, -0.2) is 14.6 Å².